The molecule has 2 aliphatic rings. The van der Waals surface area contributed by atoms with Crippen molar-refractivity contribution in [3.05, 3.63) is 41.8 Å². The number of halogens is 1. The first kappa shape index (κ1) is 25.2. The molecule has 2 aliphatic carbocycles. The Morgan fingerprint density at radius 2 is 1.93 bits per heavy atom. The average Bonchev–Trinajstić information content (AvgIpc) is 2.72. The maximum atomic E-state index is 12.9. The molecular weight excluding hydrogens is 396 g/mol. The van der Waals surface area contributed by atoms with Gasteiger partial charge in [0.05, 0.1) is 10.6 Å². The van der Waals surface area contributed by atoms with Gasteiger partial charge >= 0.3 is 0 Å². The van der Waals surface area contributed by atoms with E-state index in [1.165, 1.54) is 50.5 Å². The van der Waals surface area contributed by atoms with Gasteiger partial charge in [-0.25, -0.2) is 0 Å². The predicted molar refractivity (Wildman–Crippen MR) is 125 cm³/mol. The Balaban J connectivity index is 0.00000320. The molecule has 1 amide bonds. The molecule has 2 bridgehead atoms. The zero-order valence-electron chi connectivity index (χ0n) is 18.6. The molecule has 2 saturated carbocycles. The number of rotatable bonds is 11. The summed E-state index contributed by atoms with van der Waals surface area (Å²) >= 11 is 6.36. The molecule has 0 saturated heterocycles. The van der Waals surface area contributed by atoms with E-state index in [-0.39, 0.29) is 13.3 Å². The van der Waals surface area contributed by atoms with Gasteiger partial charge in [0.2, 0.25) is 0 Å². The number of aryl methyl sites for hydroxylation is 1. The van der Waals surface area contributed by atoms with E-state index in [2.05, 4.69) is 10.6 Å². The van der Waals surface area contributed by atoms with Crippen molar-refractivity contribution in [2.45, 2.75) is 64.2 Å². The number of ether oxygens (including phenoxy) is 1. The Labute approximate surface area is 188 Å². The number of hydrogen-bond acceptors (Lipinski definition) is 3. The molecule has 1 aromatic carbocycles. The summed E-state index contributed by atoms with van der Waals surface area (Å²) in [5.74, 6) is 0.862. The van der Waals surface area contributed by atoms with E-state index in [1.807, 2.05) is 18.2 Å². The molecule has 1 aromatic rings. The van der Waals surface area contributed by atoms with Crippen LogP contribution >= 0.6 is 11.6 Å². The summed E-state index contributed by atoms with van der Waals surface area (Å²) < 4.78 is 5.05. The van der Waals surface area contributed by atoms with Crippen LogP contribution in [0.4, 0.5) is 0 Å². The molecule has 2 N–H and O–H groups in total. The summed E-state index contributed by atoms with van der Waals surface area (Å²) in [6.07, 6.45) is 12.2. The number of fused-ring (bicyclic) bond motifs is 2. The smallest absolute Gasteiger partial charge is 0.252 e. The quantitative estimate of drug-likeness (QED) is 0.463. The first-order valence-electron chi connectivity index (χ1n) is 11.4. The summed E-state index contributed by atoms with van der Waals surface area (Å²) in [4.78, 5) is 12.9. The minimum Gasteiger partial charge on any atom is -0.385 e. The van der Waals surface area contributed by atoms with Gasteiger partial charge in [0, 0.05) is 20.3 Å². The predicted octanol–water partition coefficient (Wildman–Crippen LogP) is 5.32. The molecule has 0 spiro atoms. The SMILES string of the molecule is COCCCNCCCc1ccc(Cl)c(C(=O)NCC23CCCC(CCC2)C3)c1.[CH2]. The topological polar surface area (TPSA) is 50.4 Å². The van der Waals surface area contributed by atoms with Crippen LogP contribution in [0.5, 0.6) is 0 Å². The third-order valence-electron chi connectivity index (χ3n) is 6.78. The fraction of sp³-hybridized carbons (Fsp3) is 0.680. The molecule has 0 heterocycles. The number of methoxy groups -OCH3 is 1. The molecule has 0 atom stereocenters. The second-order valence-electron chi connectivity index (χ2n) is 9.05. The number of carbonyl (C=O) groups excluding carboxylic acids is 1. The van der Waals surface area contributed by atoms with E-state index in [4.69, 9.17) is 16.3 Å². The summed E-state index contributed by atoms with van der Waals surface area (Å²) in [6, 6.07) is 5.88. The van der Waals surface area contributed by atoms with Gasteiger partial charge in [-0.1, -0.05) is 50.8 Å². The first-order valence-corrected chi connectivity index (χ1v) is 11.8. The van der Waals surface area contributed by atoms with Gasteiger partial charge in [-0.2, -0.15) is 0 Å². The number of amides is 1. The zero-order valence-corrected chi connectivity index (χ0v) is 19.4. The van der Waals surface area contributed by atoms with Gasteiger partial charge < -0.3 is 15.4 Å². The second-order valence-corrected chi connectivity index (χ2v) is 9.46. The molecule has 5 heteroatoms. The zero-order chi connectivity index (χ0) is 20.5. The van der Waals surface area contributed by atoms with Gasteiger partial charge in [0.15, 0.2) is 0 Å². The van der Waals surface area contributed by atoms with Crippen molar-refractivity contribution in [2.75, 3.05) is 33.4 Å². The molecular formula is C25H39ClN2O2. The Hall–Kier alpha value is -1.10. The fourth-order valence-corrected chi connectivity index (χ4v) is 5.42. The highest BCUT2D eigenvalue weighted by Gasteiger charge is 2.39. The normalized spacial score (nSPS) is 22.9. The minimum absolute atomic E-state index is 0. The second kappa shape index (κ2) is 12.7. The number of hydrogen-bond donors (Lipinski definition) is 2. The standard InChI is InChI=1S/C24H37ClN2O2.CH2/c1-29-15-5-14-26-13-4-8-19-9-10-22(25)21(16-19)23(28)27-18-24-11-2-6-20(17-24)7-3-12-24;/h9-10,16,20,26H,2-8,11-15,17-18H2,1H3,(H,27,28);1H2. The van der Waals surface area contributed by atoms with E-state index in [1.54, 1.807) is 7.11 Å². The maximum absolute atomic E-state index is 12.9. The molecule has 168 valence electrons. The summed E-state index contributed by atoms with van der Waals surface area (Å²) in [5, 5.41) is 7.21. The summed E-state index contributed by atoms with van der Waals surface area (Å²) in [7, 11) is 1.73. The fourth-order valence-electron chi connectivity index (χ4n) is 5.22. The molecule has 0 unspecified atom stereocenters. The molecule has 0 aliphatic heterocycles. The van der Waals surface area contributed by atoms with E-state index < -0.39 is 0 Å². The lowest BCUT2D eigenvalue weighted by molar-refractivity contribution is 0.0682. The van der Waals surface area contributed by atoms with Crippen LogP contribution in [0, 0.1) is 18.8 Å². The number of benzene rings is 1. The number of carbonyl (C=O) groups is 1. The van der Waals surface area contributed by atoms with Crippen molar-refractivity contribution in [1.82, 2.24) is 10.6 Å². The highest BCUT2D eigenvalue weighted by atomic mass is 35.5. The van der Waals surface area contributed by atoms with Crippen molar-refractivity contribution in [3.63, 3.8) is 0 Å². The van der Waals surface area contributed by atoms with Crippen molar-refractivity contribution in [3.8, 4) is 0 Å². The summed E-state index contributed by atoms with van der Waals surface area (Å²) in [6.45, 7) is 3.54. The monoisotopic (exact) mass is 434 g/mol. The van der Waals surface area contributed by atoms with Gasteiger partial charge in [-0.05, 0) is 80.6 Å². The van der Waals surface area contributed by atoms with Crippen LogP contribution in [-0.4, -0.2) is 39.3 Å². The lowest BCUT2D eigenvalue weighted by Gasteiger charge is -2.45. The largest absolute Gasteiger partial charge is 0.385 e. The van der Waals surface area contributed by atoms with Gasteiger partial charge in [0.1, 0.15) is 0 Å². The Kier molecular flexibility index (Phi) is 10.6. The Bertz CT molecular complexity index is 655. The van der Waals surface area contributed by atoms with Crippen molar-refractivity contribution in [2.24, 2.45) is 11.3 Å². The van der Waals surface area contributed by atoms with Gasteiger partial charge in [-0.15, -0.1) is 0 Å². The van der Waals surface area contributed by atoms with E-state index in [0.29, 0.717) is 16.0 Å². The Morgan fingerprint density at radius 3 is 2.67 bits per heavy atom. The lowest BCUT2D eigenvalue weighted by atomic mass is 9.62. The summed E-state index contributed by atoms with van der Waals surface area (Å²) in [5.41, 5.74) is 2.12. The average molecular weight is 435 g/mol. The van der Waals surface area contributed by atoms with Crippen LogP contribution < -0.4 is 10.6 Å². The highest BCUT2D eigenvalue weighted by molar-refractivity contribution is 6.33. The highest BCUT2D eigenvalue weighted by Crippen LogP contribution is 2.48. The molecule has 2 fully saturated rings. The number of nitrogens with one attached hydrogen (secondary N) is 2. The third kappa shape index (κ3) is 7.25. The molecule has 4 nitrogen and oxygen atoms in total. The van der Waals surface area contributed by atoms with E-state index in [9.17, 15) is 4.79 Å². The third-order valence-corrected chi connectivity index (χ3v) is 7.11. The van der Waals surface area contributed by atoms with Crippen LogP contribution in [0.3, 0.4) is 0 Å². The molecule has 30 heavy (non-hydrogen) atoms. The first-order chi connectivity index (χ1) is 14.1. The van der Waals surface area contributed by atoms with Crippen LogP contribution in [0.2, 0.25) is 5.02 Å². The maximum Gasteiger partial charge on any atom is 0.252 e. The van der Waals surface area contributed by atoms with Gasteiger partial charge in [0.25, 0.3) is 5.91 Å². The van der Waals surface area contributed by atoms with Gasteiger partial charge in [-0.3, -0.25) is 4.79 Å². The lowest BCUT2D eigenvalue weighted by Crippen LogP contribution is -2.43. The van der Waals surface area contributed by atoms with E-state index >= 15 is 0 Å². The van der Waals surface area contributed by atoms with Crippen molar-refractivity contribution < 1.29 is 9.53 Å². The molecule has 3 rings (SSSR count). The van der Waals surface area contributed by atoms with Crippen LogP contribution in [0.15, 0.2) is 18.2 Å². The van der Waals surface area contributed by atoms with E-state index in [0.717, 1.165) is 51.4 Å². The molecule has 0 aromatic heterocycles. The van der Waals surface area contributed by atoms with Crippen LogP contribution in [0.25, 0.3) is 0 Å². The molecule has 2 radical (unpaired) electrons. The minimum atomic E-state index is -0.0170. The van der Waals surface area contributed by atoms with Crippen molar-refractivity contribution in [1.29, 1.82) is 0 Å². The van der Waals surface area contributed by atoms with Crippen LogP contribution in [0.1, 0.15) is 73.7 Å². The van der Waals surface area contributed by atoms with Crippen LogP contribution in [-0.2, 0) is 11.2 Å². The van der Waals surface area contributed by atoms with Crippen molar-refractivity contribution >= 4 is 17.5 Å². The Morgan fingerprint density at radius 1 is 1.20 bits per heavy atom.